The van der Waals surface area contributed by atoms with Crippen molar-refractivity contribution in [3.05, 3.63) is 41.4 Å². The Bertz CT molecular complexity index is 416. The molecular weight excluding hydrogens is 236 g/mol. The topological polar surface area (TPSA) is 41.1 Å². The SMILES string of the molecule is C=C(Cl)CNC(=O)c1ccccc1NC(C)C. The summed E-state index contributed by atoms with van der Waals surface area (Å²) in [5.74, 6) is -0.157. The fourth-order valence-corrected chi connectivity index (χ4v) is 1.46. The van der Waals surface area contributed by atoms with Gasteiger partial charge in [-0.1, -0.05) is 30.3 Å². The summed E-state index contributed by atoms with van der Waals surface area (Å²) in [5, 5.41) is 6.34. The number of carbonyl (C=O) groups is 1. The van der Waals surface area contributed by atoms with Crippen LogP contribution in [0.25, 0.3) is 0 Å². The molecule has 0 aliphatic carbocycles. The minimum Gasteiger partial charge on any atom is -0.382 e. The quantitative estimate of drug-likeness (QED) is 0.846. The Kier molecular flexibility index (Phi) is 5.04. The van der Waals surface area contributed by atoms with Gasteiger partial charge in [-0.2, -0.15) is 0 Å². The van der Waals surface area contributed by atoms with Crippen LogP contribution in [0.4, 0.5) is 5.69 Å². The zero-order chi connectivity index (χ0) is 12.8. The lowest BCUT2D eigenvalue weighted by Crippen LogP contribution is -2.26. The van der Waals surface area contributed by atoms with Crippen molar-refractivity contribution in [2.24, 2.45) is 0 Å². The van der Waals surface area contributed by atoms with E-state index >= 15 is 0 Å². The van der Waals surface area contributed by atoms with Crippen LogP contribution in [0.3, 0.4) is 0 Å². The second-order valence-corrected chi connectivity index (χ2v) is 4.58. The summed E-state index contributed by atoms with van der Waals surface area (Å²) < 4.78 is 0. The molecule has 0 fully saturated rings. The minimum absolute atomic E-state index is 0.157. The van der Waals surface area contributed by atoms with Crippen molar-refractivity contribution in [1.29, 1.82) is 0 Å². The lowest BCUT2D eigenvalue weighted by molar-refractivity contribution is 0.0958. The molecular formula is C13H17ClN2O. The summed E-state index contributed by atoms with van der Waals surface area (Å²) in [6.07, 6.45) is 0. The smallest absolute Gasteiger partial charge is 0.253 e. The van der Waals surface area contributed by atoms with Crippen LogP contribution in [0.1, 0.15) is 24.2 Å². The van der Waals surface area contributed by atoms with E-state index in [0.717, 1.165) is 5.69 Å². The summed E-state index contributed by atoms with van der Waals surface area (Å²) in [6.45, 7) is 7.85. The normalized spacial score (nSPS) is 10.1. The van der Waals surface area contributed by atoms with Crippen LogP contribution < -0.4 is 10.6 Å². The van der Waals surface area contributed by atoms with E-state index in [1.165, 1.54) is 0 Å². The van der Waals surface area contributed by atoms with Crippen LogP contribution in [-0.4, -0.2) is 18.5 Å². The Morgan fingerprint density at radius 2 is 2.06 bits per heavy atom. The average Bonchev–Trinajstić information content (AvgIpc) is 2.25. The van der Waals surface area contributed by atoms with Crippen LogP contribution in [0.15, 0.2) is 35.9 Å². The summed E-state index contributed by atoms with van der Waals surface area (Å²) in [6, 6.07) is 7.64. The Morgan fingerprint density at radius 3 is 2.65 bits per heavy atom. The van der Waals surface area contributed by atoms with Gasteiger partial charge in [0.25, 0.3) is 5.91 Å². The molecule has 1 aromatic carbocycles. The predicted molar refractivity (Wildman–Crippen MR) is 72.5 cm³/mol. The van der Waals surface area contributed by atoms with E-state index in [1.54, 1.807) is 6.07 Å². The molecule has 0 aliphatic heterocycles. The molecule has 1 amide bonds. The van der Waals surface area contributed by atoms with Crippen LogP contribution in [0, 0.1) is 0 Å². The molecule has 92 valence electrons. The second-order valence-electron chi connectivity index (χ2n) is 4.04. The fourth-order valence-electron chi connectivity index (χ4n) is 1.39. The molecule has 4 heteroatoms. The third-order valence-corrected chi connectivity index (χ3v) is 2.19. The number of amides is 1. The van der Waals surface area contributed by atoms with Gasteiger partial charge in [0.15, 0.2) is 0 Å². The Labute approximate surface area is 107 Å². The van der Waals surface area contributed by atoms with Gasteiger partial charge in [0.1, 0.15) is 0 Å². The van der Waals surface area contributed by atoms with Crippen molar-refractivity contribution in [2.75, 3.05) is 11.9 Å². The first kappa shape index (κ1) is 13.6. The number of anilines is 1. The van der Waals surface area contributed by atoms with Crippen molar-refractivity contribution in [3.8, 4) is 0 Å². The first-order valence-electron chi connectivity index (χ1n) is 5.47. The van der Waals surface area contributed by atoms with Gasteiger partial charge in [0.05, 0.1) is 12.1 Å². The molecule has 0 saturated carbocycles. The Balaban J connectivity index is 2.81. The van der Waals surface area contributed by atoms with Gasteiger partial charge in [0, 0.05) is 16.8 Å². The van der Waals surface area contributed by atoms with Crippen LogP contribution in [-0.2, 0) is 0 Å². The summed E-state index contributed by atoms with van der Waals surface area (Å²) >= 11 is 5.61. The summed E-state index contributed by atoms with van der Waals surface area (Å²) in [4.78, 5) is 11.9. The number of benzene rings is 1. The number of halogens is 1. The molecule has 0 heterocycles. The maximum atomic E-state index is 11.9. The third kappa shape index (κ3) is 4.49. The van der Waals surface area contributed by atoms with E-state index in [-0.39, 0.29) is 18.5 Å². The van der Waals surface area contributed by atoms with Gasteiger partial charge in [-0.15, -0.1) is 0 Å². The van der Waals surface area contributed by atoms with Crippen LogP contribution in [0.5, 0.6) is 0 Å². The van der Waals surface area contributed by atoms with Gasteiger partial charge in [-0.05, 0) is 26.0 Å². The number of nitrogens with one attached hydrogen (secondary N) is 2. The summed E-state index contributed by atoms with van der Waals surface area (Å²) in [7, 11) is 0. The molecule has 0 radical (unpaired) electrons. The second kappa shape index (κ2) is 6.30. The molecule has 1 aromatic rings. The van der Waals surface area contributed by atoms with Crippen LogP contribution in [0.2, 0.25) is 0 Å². The monoisotopic (exact) mass is 252 g/mol. The van der Waals surface area contributed by atoms with Gasteiger partial charge in [-0.3, -0.25) is 4.79 Å². The highest BCUT2D eigenvalue weighted by molar-refractivity contribution is 6.29. The van der Waals surface area contributed by atoms with Crippen molar-refractivity contribution in [1.82, 2.24) is 5.32 Å². The molecule has 2 N–H and O–H groups in total. The van der Waals surface area contributed by atoms with E-state index in [1.807, 2.05) is 32.0 Å². The summed E-state index contributed by atoms with van der Waals surface area (Å²) in [5.41, 5.74) is 1.43. The molecule has 0 atom stereocenters. The number of hydrogen-bond donors (Lipinski definition) is 2. The molecule has 0 bridgehead atoms. The molecule has 0 unspecified atom stereocenters. The zero-order valence-electron chi connectivity index (χ0n) is 10.1. The molecule has 1 rings (SSSR count). The van der Waals surface area contributed by atoms with Gasteiger partial charge >= 0.3 is 0 Å². The first-order valence-corrected chi connectivity index (χ1v) is 5.85. The minimum atomic E-state index is -0.157. The highest BCUT2D eigenvalue weighted by atomic mass is 35.5. The lowest BCUT2D eigenvalue weighted by Gasteiger charge is -2.14. The molecule has 3 nitrogen and oxygen atoms in total. The van der Waals surface area contributed by atoms with Crippen LogP contribution >= 0.6 is 11.6 Å². The standard InChI is InChI=1S/C13H17ClN2O/c1-9(2)16-12-7-5-4-6-11(12)13(17)15-8-10(3)14/h4-7,9,16H,3,8H2,1-2H3,(H,15,17). The highest BCUT2D eigenvalue weighted by Gasteiger charge is 2.10. The third-order valence-electron chi connectivity index (χ3n) is 2.06. The van der Waals surface area contributed by atoms with Gasteiger partial charge in [-0.25, -0.2) is 0 Å². The predicted octanol–water partition coefficient (Wildman–Crippen LogP) is 2.99. The van der Waals surface area contributed by atoms with Crippen molar-refractivity contribution < 1.29 is 4.79 Å². The molecule has 0 aromatic heterocycles. The molecule has 17 heavy (non-hydrogen) atoms. The van der Waals surface area contributed by atoms with Crippen molar-refractivity contribution in [3.63, 3.8) is 0 Å². The number of hydrogen-bond acceptors (Lipinski definition) is 2. The fraction of sp³-hybridized carbons (Fsp3) is 0.308. The van der Waals surface area contributed by atoms with E-state index in [4.69, 9.17) is 11.6 Å². The van der Waals surface area contributed by atoms with E-state index in [9.17, 15) is 4.79 Å². The van der Waals surface area contributed by atoms with E-state index in [2.05, 4.69) is 17.2 Å². The van der Waals surface area contributed by atoms with E-state index < -0.39 is 0 Å². The molecule has 0 aliphatic rings. The maximum Gasteiger partial charge on any atom is 0.253 e. The number of para-hydroxylation sites is 1. The molecule has 0 saturated heterocycles. The Morgan fingerprint density at radius 1 is 1.41 bits per heavy atom. The Hall–Kier alpha value is -1.48. The van der Waals surface area contributed by atoms with Crippen molar-refractivity contribution >= 4 is 23.2 Å². The highest BCUT2D eigenvalue weighted by Crippen LogP contribution is 2.15. The van der Waals surface area contributed by atoms with Gasteiger partial charge < -0.3 is 10.6 Å². The zero-order valence-corrected chi connectivity index (χ0v) is 10.8. The maximum absolute atomic E-state index is 11.9. The molecule has 0 spiro atoms. The largest absolute Gasteiger partial charge is 0.382 e. The lowest BCUT2D eigenvalue weighted by atomic mass is 10.1. The average molecular weight is 253 g/mol. The first-order chi connectivity index (χ1) is 8.00. The van der Waals surface area contributed by atoms with E-state index in [0.29, 0.717) is 10.6 Å². The van der Waals surface area contributed by atoms with Gasteiger partial charge in [0.2, 0.25) is 0 Å². The van der Waals surface area contributed by atoms with Crippen molar-refractivity contribution in [2.45, 2.75) is 19.9 Å². The number of rotatable bonds is 5. The number of carbonyl (C=O) groups excluding carboxylic acids is 1.